The van der Waals surface area contributed by atoms with Crippen molar-refractivity contribution in [2.24, 2.45) is 0 Å². The first kappa shape index (κ1) is 17.1. The van der Waals surface area contributed by atoms with Crippen LogP contribution in [0.2, 0.25) is 0 Å². The third-order valence-corrected chi connectivity index (χ3v) is 4.13. The van der Waals surface area contributed by atoms with E-state index in [4.69, 9.17) is 14.2 Å². The maximum Gasteiger partial charge on any atom is 0.283 e. The van der Waals surface area contributed by atoms with Crippen LogP contribution in [0.4, 0.5) is 0 Å². The second-order valence-electron chi connectivity index (χ2n) is 5.16. The highest BCUT2D eigenvalue weighted by atomic mass is 79.9. The summed E-state index contributed by atoms with van der Waals surface area (Å²) in [4.78, 5) is 24.3. The molecule has 2 aromatic carbocycles. The zero-order valence-electron chi connectivity index (χ0n) is 13.2. The third-order valence-electron chi connectivity index (χ3n) is 3.51. The number of carbonyl (C=O) groups excluding carboxylic acids is 2. The van der Waals surface area contributed by atoms with E-state index < -0.39 is 17.9 Å². The van der Waals surface area contributed by atoms with Crippen LogP contribution in [-0.2, 0) is 4.79 Å². The molecule has 0 saturated carbocycles. The molecule has 1 aliphatic rings. The van der Waals surface area contributed by atoms with Crippen LogP contribution in [0.5, 0.6) is 17.2 Å². The normalized spacial score (nSPS) is 15.2. The smallest absolute Gasteiger partial charge is 0.283 e. The van der Waals surface area contributed by atoms with Crippen LogP contribution in [-0.4, -0.2) is 31.6 Å². The molecule has 2 amide bonds. The summed E-state index contributed by atoms with van der Waals surface area (Å²) < 4.78 is 16.8. The topological polar surface area (TPSA) is 85.9 Å². The van der Waals surface area contributed by atoms with E-state index in [2.05, 4.69) is 26.8 Å². The summed E-state index contributed by atoms with van der Waals surface area (Å²) in [6.45, 7) is 0.0623. The third kappa shape index (κ3) is 3.85. The summed E-state index contributed by atoms with van der Waals surface area (Å²) >= 11 is 3.30. The van der Waals surface area contributed by atoms with Gasteiger partial charge in [0.2, 0.25) is 6.10 Å². The van der Waals surface area contributed by atoms with E-state index in [-0.39, 0.29) is 6.61 Å². The van der Waals surface area contributed by atoms with Crippen LogP contribution in [0.15, 0.2) is 46.9 Å². The first-order valence-corrected chi connectivity index (χ1v) is 8.20. The van der Waals surface area contributed by atoms with Crippen LogP contribution >= 0.6 is 15.9 Å². The lowest BCUT2D eigenvalue weighted by atomic mass is 10.2. The number of amides is 2. The molecule has 3 rings (SSSR count). The van der Waals surface area contributed by atoms with Gasteiger partial charge in [0, 0.05) is 5.56 Å². The molecular formula is C17H15BrN2O5. The second kappa shape index (κ2) is 7.43. The fourth-order valence-electron chi connectivity index (χ4n) is 2.23. The Labute approximate surface area is 152 Å². The van der Waals surface area contributed by atoms with Gasteiger partial charge in [0.05, 0.1) is 11.6 Å². The summed E-state index contributed by atoms with van der Waals surface area (Å²) in [6.07, 6.45) is -0.849. The highest BCUT2D eigenvalue weighted by Gasteiger charge is 2.27. The van der Waals surface area contributed by atoms with E-state index in [9.17, 15) is 9.59 Å². The molecule has 1 aliphatic heterocycles. The standard InChI is InChI=1S/C17H15BrN2O5/c1-23-12-7-6-10(8-11(12)18)16(21)19-20-17(22)15-9-24-13-4-2-3-5-14(13)25-15/h2-8,15H,9H2,1H3,(H,19,21)(H,20,22). The Morgan fingerprint density at radius 2 is 1.92 bits per heavy atom. The summed E-state index contributed by atoms with van der Waals surface area (Å²) in [6, 6.07) is 11.9. The van der Waals surface area contributed by atoms with Crippen molar-refractivity contribution in [2.75, 3.05) is 13.7 Å². The molecule has 0 fully saturated rings. The van der Waals surface area contributed by atoms with Crippen molar-refractivity contribution in [2.45, 2.75) is 6.10 Å². The Hall–Kier alpha value is -2.74. The van der Waals surface area contributed by atoms with Crippen LogP contribution < -0.4 is 25.1 Å². The maximum atomic E-state index is 12.2. The zero-order valence-corrected chi connectivity index (χ0v) is 14.8. The Balaban J connectivity index is 1.57. The van der Waals surface area contributed by atoms with Gasteiger partial charge in [-0.05, 0) is 46.3 Å². The van der Waals surface area contributed by atoms with E-state index in [0.717, 1.165) is 0 Å². The molecule has 0 spiro atoms. The lowest BCUT2D eigenvalue weighted by Crippen LogP contribution is -2.50. The number of carbonyl (C=O) groups is 2. The number of fused-ring (bicyclic) bond motifs is 1. The maximum absolute atomic E-state index is 12.2. The quantitative estimate of drug-likeness (QED) is 0.761. The Morgan fingerprint density at radius 3 is 2.64 bits per heavy atom. The summed E-state index contributed by atoms with van der Waals surface area (Å²) in [7, 11) is 1.53. The van der Waals surface area contributed by atoms with Gasteiger partial charge in [-0.25, -0.2) is 0 Å². The van der Waals surface area contributed by atoms with E-state index >= 15 is 0 Å². The average molecular weight is 407 g/mol. The van der Waals surface area contributed by atoms with Crippen molar-refractivity contribution >= 4 is 27.7 Å². The van der Waals surface area contributed by atoms with Gasteiger partial charge in [-0.2, -0.15) is 0 Å². The van der Waals surface area contributed by atoms with E-state index in [1.807, 2.05) is 6.07 Å². The molecule has 0 saturated heterocycles. The molecule has 1 heterocycles. The summed E-state index contributed by atoms with van der Waals surface area (Å²) in [5, 5.41) is 0. The molecule has 1 atom stereocenters. The van der Waals surface area contributed by atoms with Crippen molar-refractivity contribution < 1.29 is 23.8 Å². The first-order chi connectivity index (χ1) is 12.1. The highest BCUT2D eigenvalue weighted by Crippen LogP contribution is 2.30. The Kier molecular flexibility index (Phi) is 5.08. The molecule has 2 aromatic rings. The summed E-state index contributed by atoms with van der Waals surface area (Å²) in [5.74, 6) is 0.703. The van der Waals surface area contributed by atoms with Gasteiger partial charge in [0.1, 0.15) is 12.4 Å². The molecule has 130 valence electrons. The van der Waals surface area contributed by atoms with Crippen molar-refractivity contribution in [1.29, 1.82) is 0 Å². The van der Waals surface area contributed by atoms with Crippen molar-refractivity contribution in [3.8, 4) is 17.2 Å². The van der Waals surface area contributed by atoms with E-state index in [1.54, 1.807) is 36.4 Å². The summed E-state index contributed by atoms with van der Waals surface area (Å²) in [5.41, 5.74) is 5.05. The minimum atomic E-state index is -0.849. The number of para-hydroxylation sites is 2. The van der Waals surface area contributed by atoms with Gasteiger partial charge in [-0.15, -0.1) is 0 Å². The van der Waals surface area contributed by atoms with Gasteiger partial charge in [0.15, 0.2) is 11.5 Å². The Morgan fingerprint density at radius 1 is 1.16 bits per heavy atom. The lowest BCUT2D eigenvalue weighted by molar-refractivity contribution is -0.131. The molecule has 0 radical (unpaired) electrons. The molecule has 1 unspecified atom stereocenters. The average Bonchev–Trinajstić information content (AvgIpc) is 2.65. The molecule has 7 nitrogen and oxygen atoms in total. The van der Waals surface area contributed by atoms with Crippen molar-refractivity contribution in [3.05, 3.63) is 52.5 Å². The minimum Gasteiger partial charge on any atom is -0.496 e. The number of rotatable bonds is 3. The van der Waals surface area contributed by atoms with Crippen molar-refractivity contribution in [1.82, 2.24) is 10.9 Å². The van der Waals surface area contributed by atoms with Crippen LogP contribution in [0.3, 0.4) is 0 Å². The number of halogens is 1. The van der Waals surface area contributed by atoms with Crippen LogP contribution in [0, 0.1) is 0 Å². The first-order valence-electron chi connectivity index (χ1n) is 7.40. The van der Waals surface area contributed by atoms with Gasteiger partial charge < -0.3 is 14.2 Å². The minimum absolute atomic E-state index is 0.0623. The van der Waals surface area contributed by atoms with E-state index in [1.165, 1.54) is 7.11 Å². The molecular weight excluding hydrogens is 392 g/mol. The van der Waals surface area contributed by atoms with Crippen molar-refractivity contribution in [3.63, 3.8) is 0 Å². The SMILES string of the molecule is COc1ccc(C(=O)NNC(=O)C2COc3ccccc3O2)cc1Br. The number of ether oxygens (including phenoxy) is 3. The molecule has 8 heteroatoms. The van der Waals surface area contributed by atoms with Gasteiger partial charge >= 0.3 is 0 Å². The largest absolute Gasteiger partial charge is 0.496 e. The Bertz CT molecular complexity index is 811. The molecule has 25 heavy (non-hydrogen) atoms. The number of nitrogens with one attached hydrogen (secondary N) is 2. The number of hydrogen-bond acceptors (Lipinski definition) is 5. The van der Waals surface area contributed by atoms with Crippen LogP contribution in [0.1, 0.15) is 10.4 Å². The van der Waals surface area contributed by atoms with Gasteiger partial charge in [-0.1, -0.05) is 12.1 Å². The fraction of sp³-hybridized carbons (Fsp3) is 0.176. The van der Waals surface area contributed by atoms with E-state index in [0.29, 0.717) is 27.3 Å². The monoisotopic (exact) mass is 406 g/mol. The number of benzene rings is 2. The zero-order chi connectivity index (χ0) is 17.8. The number of hydrogen-bond donors (Lipinski definition) is 2. The predicted molar refractivity (Wildman–Crippen MR) is 92.7 cm³/mol. The predicted octanol–water partition coefficient (Wildman–Crippen LogP) is 2.06. The van der Waals surface area contributed by atoms with Gasteiger partial charge in [-0.3, -0.25) is 20.4 Å². The molecule has 0 aliphatic carbocycles. The van der Waals surface area contributed by atoms with Crippen LogP contribution in [0.25, 0.3) is 0 Å². The molecule has 2 N–H and O–H groups in total. The number of methoxy groups -OCH3 is 1. The second-order valence-corrected chi connectivity index (χ2v) is 6.01. The fourth-order valence-corrected chi connectivity index (χ4v) is 2.77. The lowest BCUT2D eigenvalue weighted by Gasteiger charge is -2.25. The number of hydrazine groups is 1. The molecule has 0 aromatic heterocycles. The molecule has 0 bridgehead atoms. The van der Waals surface area contributed by atoms with Gasteiger partial charge in [0.25, 0.3) is 11.8 Å². The highest BCUT2D eigenvalue weighted by molar-refractivity contribution is 9.10.